The second-order valence-corrected chi connectivity index (χ2v) is 5.43. The van der Waals surface area contributed by atoms with E-state index in [1.807, 2.05) is 31.0 Å². The second-order valence-electron chi connectivity index (χ2n) is 5.43. The molecular weight excluding hydrogens is 302 g/mol. The van der Waals surface area contributed by atoms with Crippen molar-refractivity contribution in [3.63, 3.8) is 0 Å². The van der Waals surface area contributed by atoms with Gasteiger partial charge in [-0.05, 0) is 50.6 Å². The van der Waals surface area contributed by atoms with E-state index < -0.39 is 0 Å². The zero-order chi connectivity index (χ0) is 15.2. The molecule has 1 aromatic rings. The first kappa shape index (κ1) is 18.5. The number of nitrogens with one attached hydrogen (secondary N) is 2. The molecule has 1 aliphatic heterocycles. The minimum absolute atomic E-state index is 0. The molecule has 1 aliphatic rings. The van der Waals surface area contributed by atoms with Gasteiger partial charge in [-0.1, -0.05) is 0 Å². The molecule has 5 nitrogen and oxygen atoms in total. The number of aryl methyl sites for hydroxylation is 1. The monoisotopic (exact) mass is 325 g/mol. The summed E-state index contributed by atoms with van der Waals surface area (Å²) in [5.41, 5.74) is 2.38. The number of hydrogen-bond acceptors (Lipinski definition) is 3. The van der Waals surface area contributed by atoms with Crippen LogP contribution >= 0.6 is 12.4 Å². The SMILES string of the molecule is CNCCC(=O)Nc1ccc(C(=O)N2CCCC2)cc1C.Cl. The van der Waals surface area contributed by atoms with E-state index in [1.165, 1.54) is 0 Å². The summed E-state index contributed by atoms with van der Waals surface area (Å²) in [5.74, 6) is 0.0646. The zero-order valence-electron chi connectivity index (χ0n) is 13.1. The summed E-state index contributed by atoms with van der Waals surface area (Å²) in [6, 6.07) is 5.46. The summed E-state index contributed by atoms with van der Waals surface area (Å²) in [6.07, 6.45) is 2.61. The topological polar surface area (TPSA) is 61.4 Å². The van der Waals surface area contributed by atoms with Crippen LogP contribution in [0.2, 0.25) is 0 Å². The fourth-order valence-electron chi connectivity index (χ4n) is 2.49. The normalized spacial score (nSPS) is 13.6. The molecule has 122 valence electrons. The third-order valence-electron chi connectivity index (χ3n) is 3.74. The largest absolute Gasteiger partial charge is 0.339 e. The summed E-state index contributed by atoms with van der Waals surface area (Å²) in [5, 5.41) is 5.82. The van der Waals surface area contributed by atoms with Crippen molar-refractivity contribution in [3.8, 4) is 0 Å². The predicted molar refractivity (Wildman–Crippen MR) is 90.7 cm³/mol. The van der Waals surface area contributed by atoms with Crippen molar-refractivity contribution in [2.24, 2.45) is 0 Å². The van der Waals surface area contributed by atoms with Crippen molar-refractivity contribution in [1.82, 2.24) is 10.2 Å². The highest BCUT2D eigenvalue weighted by Gasteiger charge is 2.19. The lowest BCUT2D eigenvalue weighted by molar-refractivity contribution is -0.116. The number of benzene rings is 1. The number of hydrogen-bond donors (Lipinski definition) is 2. The van der Waals surface area contributed by atoms with Crippen LogP contribution in [0.25, 0.3) is 0 Å². The zero-order valence-corrected chi connectivity index (χ0v) is 14.0. The van der Waals surface area contributed by atoms with E-state index in [4.69, 9.17) is 0 Å². The van der Waals surface area contributed by atoms with E-state index in [0.29, 0.717) is 18.5 Å². The van der Waals surface area contributed by atoms with Crippen LogP contribution in [0.1, 0.15) is 35.2 Å². The standard InChI is InChI=1S/C16H23N3O2.ClH/c1-12-11-13(16(21)19-9-3-4-10-19)5-6-14(12)18-15(20)7-8-17-2;/h5-6,11,17H,3-4,7-10H2,1-2H3,(H,18,20);1H. The van der Waals surface area contributed by atoms with Gasteiger partial charge in [-0.3, -0.25) is 9.59 Å². The van der Waals surface area contributed by atoms with Gasteiger partial charge in [0.15, 0.2) is 0 Å². The number of carbonyl (C=O) groups excluding carboxylic acids is 2. The van der Waals surface area contributed by atoms with Gasteiger partial charge in [-0.25, -0.2) is 0 Å². The van der Waals surface area contributed by atoms with E-state index in [0.717, 1.165) is 37.2 Å². The number of amides is 2. The fourth-order valence-corrected chi connectivity index (χ4v) is 2.49. The molecule has 2 amide bonds. The predicted octanol–water partition coefficient (Wildman–Crippen LogP) is 2.20. The molecule has 0 radical (unpaired) electrons. The van der Waals surface area contributed by atoms with Crippen LogP contribution in [-0.4, -0.2) is 43.4 Å². The number of likely N-dealkylation sites (tertiary alicyclic amines) is 1. The van der Waals surface area contributed by atoms with Crippen LogP contribution in [0.4, 0.5) is 5.69 Å². The maximum absolute atomic E-state index is 12.3. The molecule has 1 saturated heterocycles. The lowest BCUT2D eigenvalue weighted by atomic mass is 10.1. The van der Waals surface area contributed by atoms with E-state index in [9.17, 15) is 9.59 Å². The van der Waals surface area contributed by atoms with E-state index in [2.05, 4.69) is 10.6 Å². The van der Waals surface area contributed by atoms with E-state index in [1.54, 1.807) is 6.07 Å². The van der Waals surface area contributed by atoms with E-state index >= 15 is 0 Å². The molecule has 0 atom stereocenters. The Hall–Kier alpha value is -1.59. The van der Waals surface area contributed by atoms with Gasteiger partial charge in [0.2, 0.25) is 5.91 Å². The van der Waals surface area contributed by atoms with Gasteiger partial charge in [-0.15, -0.1) is 12.4 Å². The van der Waals surface area contributed by atoms with Gasteiger partial charge in [0.05, 0.1) is 0 Å². The lowest BCUT2D eigenvalue weighted by Crippen LogP contribution is -2.27. The highest BCUT2D eigenvalue weighted by molar-refractivity contribution is 5.96. The molecule has 0 spiro atoms. The van der Waals surface area contributed by atoms with Crippen LogP contribution in [0.3, 0.4) is 0 Å². The lowest BCUT2D eigenvalue weighted by Gasteiger charge is -2.16. The summed E-state index contributed by atoms with van der Waals surface area (Å²) < 4.78 is 0. The Labute approximate surface area is 137 Å². The van der Waals surface area contributed by atoms with Gasteiger partial charge >= 0.3 is 0 Å². The van der Waals surface area contributed by atoms with E-state index in [-0.39, 0.29) is 24.2 Å². The molecule has 1 heterocycles. The molecule has 2 rings (SSSR count). The number of rotatable bonds is 5. The van der Waals surface area contributed by atoms with Crippen molar-refractivity contribution >= 4 is 29.9 Å². The van der Waals surface area contributed by atoms with Crippen molar-refractivity contribution in [1.29, 1.82) is 0 Å². The molecule has 0 aliphatic carbocycles. The van der Waals surface area contributed by atoms with Crippen molar-refractivity contribution < 1.29 is 9.59 Å². The number of halogens is 1. The van der Waals surface area contributed by atoms with Gasteiger partial charge in [0.25, 0.3) is 5.91 Å². The minimum Gasteiger partial charge on any atom is -0.339 e. The quantitative estimate of drug-likeness (QED) is 0.872. The van der Waals surface area contributed by atoms with Gasteiger partial charge in [0, 0.05) is 37.3 Å². The summed E-state index contributed by atoms with van der Waals surface area (Å²) in [6.45, 7) is 4.26. The van der Waals surface area contributed by atoms with Crippen LogP contribution in [0.15, 0.2) is 18.2 Å². The Balaban J connectivity index is 0.00000242. The Morgan fingerprint density at radius 3 is 2.50 bits per heavy atom. The van der Waals surface area contributed by atoms with Crippen molar-refractivity contribution in [3.05, 3.63) is 29.3 Å². The number of anilines is 1. The summed E-state index contributed by atoms with van der Waals surface area (Å²) in [7, 11) is 1.82. The Bertz CT molecular complexity index is 528. The average molecular weight is 326 g/mol. The highest BCUT2D eigenvalue weighted by Crippen LogP contribution is 2.19. The van der Waals surface area contributed by atoms with Crippen LogP contribution in [-0.2, 0) is 4.79 Å². The van der Waals surface area contributed by atoms with Gasteiger partial charge in [-0.2, -0.15) is 0 Å². The van der Waals surface area contributed by atoms with Crippen LogP contribution < -0.4 is 10.6 Å². The maximum Gasteiger partial charge on any atom is 0.253 e. The van der Waals surface area contributed by atoms with Gasteiger partial charge < -0.3 is 15.5 Å². The summed E-state index contributed by atoms with van der Waals surface area (Å²) >= 11 is 0. The third kappa shape index (κ3) is 4.71. The first-order chi connectivity index (χ1) is 10.1. The second kappa shape index (κ2) is 8.76. The smallest absolute Gasteiger partial charge is 0.253 e. The molecule has 22 heavy (non-hydrogen) atoms. The van der Waals surface area contributed by atoms with Crippen LogP contribution in [0.5, 0.6) is 0 Å². The molecule has 0 aromatic heterocycles. The molecule has 1 fully saturated rings. The molecule has 6 heteroatoms. The van der Waals surface area contributed by atoms with Crippen molar-refractivity contribution in [2.75, 3.05) is 32.0 Å². The molecule has 2 N–H and O–H groups in total. The van der Waals surface area contributed by atoms with Crippen LogP contribution in [0, 0.1) is 6.92 Å². The first-order valence-corrected chi connectivity index (χ1v) is 7.46. The fraction of sp³-hybridized carbons (Fsp3) is 0.500. The molecule has 0 bridgehead atoms. The third-order valence-corrected chi connectivity index (χ3v) is 3.74. The minimum atomic E-state index is -0.0222. The molecule has 0 unspecified atom stereocenters. The highest BCUT2D eigenvalue weighted by atomic mass is 35.5. The molecular formula is C16H24ClN3O2. The first-order valence-electron chi connectivity index (χ1n) is 7.46. The number of nitrogens with zero attached hydrogens (tertiary/aromatic N) is 1. The average Bonchev–Trinajstić information content (AvgIpc) is 3.00. The molecule has 0 saturated carbocycles. The molecule has 1 aromatic carbocycles. The summed E-state index contributed by atoms with van der Waals surface area (Å²) in [4.78, 5) is 25.9. The Morgan fingerprint density at radius 1 is 1.23 bits per heavy atom. The van der Waals surface area contributed by atoms with Gasteiger partial charge in [0.1, 0.15) is 0 Å². The number of carbonyl (C=O) groups is 2. The Kier molecular flexibility index (Phi) is 7.35. The maximum atomic E-state index is 12.3. The Morgan fingerprint density at radius 2 is 1.91 bits per heavy atom. The van der Waals surface area contributed by atoms with Crippen molar-refractivity contribution in [2.45, 2.75) is 26.2 Å².